The zero-order chi connectivity index (χ0) is 12.5. The third-order valence-electron chi connectivity index (χ3n) is 3.27. The topological polar surface area (TPSA) is 86.5 Å². The van der Waals surface area contributed by atoms with Gasteiger partial charge in [0.2, 0.25) is 0 Å². The fraction of sp³-hybridized carbons (Fsp3) is 0.700. The number of H-pyrrole nitrogens is 1. The number of nitrogens with one attached hydrogen (secondary N) is 2. The molecule has 6 nitrogen and oxygen atoms in total. The van der Waals surface area contributed by atoms with Crippen LogP contribution in [0.2, 0.25) is 0 Å². The molecule has 2 unspecified atom stereocenters. The molecule has 1 aromatic heterocycles. The van der Waals surface area contributed by atoms with E-state index < -0.39 is 5.54 Å². The quantitative estimate of drug-likeness (QED) is 0.805. The Bertz CT molecular complexity index is 502. The number of aromatic nitrogens is 3. The molecule has 0 radical (unpaired) electrons. The normalized spacial score (nSPS) is 28.2. The van der Waals surface area contributed by atoms with E-state index >= 15 is 0 Å². The minimum absolute atomic E-state index is 0.203. The maximum Gasteiger partial charge on any atom is 0.343 e. The molecule has 1 aliphatic rings. The van der Waals surface area contributed by atoms with E-state index in [1.165, 1.54) is 4.57 Å². The van der Waals surface area contributed by atoms with Gasteiger partial charge in [0.1, 0.15) is 5.54 Å². The van der Waals surface area contributed by atoms with E-state index in [9.17, 15) is 4.79 Å². The SMILES string of the molecule is CNC1(C#N)CCC(Sc2n[nH]c(=O)n2C)C1. The molecule has 0 aromatic carbocycles. The van der Waals surface area contributed by atoms with Crippen LogP contribution < -0.4 is 11.0 Å². The van der Waals surface area contributed by atoms with Gasteiger partial charge in [-0.3, -0.25) is 4.57 Å². The molecular formula is C10H15N5OS. The highest BCUT2D eigenvalue weighted by Gasteiger charge is 2.39. The van der Waals surface area contributed by atoms with Crippen molar-refractivity contribution < 1.29 is 0 Å². The Balaban J connectivity index is 2.06. The lowest BCUT2D eigenvalue weighted by molar-refractivity contribution is 0.464. The zero-order valence-electron chi connectivity index (χ0n) is 9.86. The number of hydrogen-bond donors (Lipinski definition) is 2. The van der Waals surface area contributed by atoms with Crippen molar-refractivity contribution in [2.45, 2.75) is 35.2 Å². The van der Waals surface area contributed by atoms with Crippen LogP contribution in [-0.4, -0.2) is 32.6 Å². The molecule has 92 valence electrons. The molecule has 0 aliphatic heterocycles. The van der Waals surface area contributed by atoms with Crippen molar-refractivity contribution in [1.29, 1.82) is 5.26 Å². The first-order chi connectivity index (χ1) is 8.10. The summed E-state index contributed by atoms with van der Waals surface area (Å²) < 4.78 is 1.50. The standard InChI is InChI=1S/C10H15N5OS/c1-12-10(6-11)4-3-7(5-10)17-9-14-13-8(16)15(9)2/h7,12H,3-5H2,1-2H3,(H,13,16). The second-order valence-corrected chi connectivity index (χ2v) is 5.56. The summed E-state index contributed by atoms with van der Waals surface area (Å²) in [6.45, 7) is 0. The number of aromatic amines is 1. The monoisotopic (exact) mass is 253 g/mol. The van der Waals surface area contributed by atoms with Crippen molar-refractivity contribution >= 4 is 11.8 Å². The van der Waals surface area contributed by atoms with Crippen LogP contribution in [0.3, 0.4) is 0 Å². The second kappa shape index (κ2) is 4.55. The number of hydrogen-bond acceptors (Lipinski definition) is 5. The highest BCUT2D eigenvalue weighted by Crippen LogP contribution is 2.38. The summed E-state index contributed by atoms with van der Waals surface area (Å²) in [5.41, 5.74) is -0.613. The summed E-state index contributed by atoms with van der Waals surface area (Å²) in [5, 5.41) is 19.6. The Labute approximate surface area is 103 Å². The van der Waals surface area contributed by atoms with Gasteiger partial charge in [0.05, 0.1) is 6.07 Å². The van der Waals surface area contributed by atoms with Gasteiger partial charge in [-0.15, -0.1) is 5.10 Å². The van der Waals surface area contributed by atoms with Crippen LogP contribution in [0, 0.1) is 11.3 Å². The fourth-order valence-corrected chi connectivity index (χ4v) is 3.31. The predicted octanol–water partition coefficient (Wildman–Crippen LogP) is 0.235. The third kappa shape index (κ3) is 2.23. The summed E-state index contributed by atoms with van der Waals surface area (Å²) in [6, 6.07) is 2.34. The molecule has 0 saturated heterocycles. The van der Waals surface area contributed by atoms with Gasteiger partial charge in [-0.25, -0.2) is 9.89 Å². The smallest absolute Gasteiger partial charge is 0.302 e. The number of nitrogens with zero attached hydrogens (tertiary/aromatic N) is 3. The van der Waals surface area contributed by atoms with E-state index in [0.29, 0.717) is 10.4 Å². The average molecular weight is 253 g/mol. The summed E-state index contributed by atoms with van der Waals surface area (Å²) >= 11 is 1.56. The van der Waals surface area contributed by atoms with Crippen LogP contribution >= 0.6 is 11.8 Å². The van der Waals surface area contributed by atoms with Gasteiger partial charge in [-0.1, -0.05) is 11.8 Å². The van der Waals surface area contributed by atoms with Gasteiger partial charge in [0, 0.05) is 12.3 Å². The first-order valence-corrected chi connectivity index (χ1v) is 6.36. The highest BCUT2D eigenvalue weighted by molar-refractivity contribution is 7.99. The first-order valence-electron chi connectivity index (χ1n) is 5.48. The maximum absolute atomic E-state index is 11.2. The maximum atomic E-state index is 11.2. The van der Waals surface area contributed by atoms with E-state index in [2.05, 4.69) is 21.6 Å². The van der Waals surface area contributed by atoms with Crippen molar-refractivity contribution in [2.24, 2.45) is 7.05 Å². The Kier molecular flexibility index (Phi) is 3.26. The molecule has 17 heavy (non-hydrogen) atoms. The molecule has 7 heteroatoms. The van der Waals surface area contributed by atoms with Crippen molar-refractivity contribution in [3.05, 3.63) is 10.5 Å². The van der Waals surface area contributed by atoms with E-state index in [4.69, 9.17) is 5.26 Å². The van der Waals surface area contributed by atoms with Crippen LogP contribution in [0.25, 0.3) is 0 Å². The number of thioether (sulfide) groups is 1. The van der Waals surface area contributed by atoms with Gasteiger partial charge < -0.3 is 5.32 Å². The van der Waals surface area contributed by atoms with Crippen LogP contribution in [0.4, 0.5) is 0 Å². The Morgan fingerprint density at radius 2 is 2.53 bits per heavy atom. The van der Waals surface area contributed by atoms with Crippen molar-refractivity contribution in [3.63, 3.8) is 0 Å². The van der Waals surface area contributed by atoms with Gasteiger partial charge in [-0.2, -0.15) is 5.26 Å². The summed E-state index contributed by atoms with van der Waals surface area (Å²) in [4.78, 5) is 11.2. The summed E-state index contributed by atoms with van der Waals surface area (Å²) in [5.74, 6) is 0. The van der Waals surface area contributed by atoms with Crippen molar-refractivity contribution in [2.75, 3.05) is 7.05 Å². The summed E-state index contributed by atoms with van der Waals surface area (Å²) in [7, 11) is 3.51. The lowest BCUT2D eigenvalue weighted by Crippen LogP contribution is -2.38. The largest absolute Gasteiger partial charge is 0.343 e. The molecule has 1 aliphatic carbocycles. The molecule has 1 aromatic rings. The third-order valence-corrected chi connectivity index (χ3v) is 4.58. The first kappa shape index (κ1) is 12.2. The average Bonchev–Trinajstić information content (AvgIpc) is 2.89. The highest BCUT2D eigenvalue weighted by atomic mass is 32.2. The van der Waals surface area contributed by atoms with Crippen LogP contribution in [-0.2, 0) is 7.05 Å². The van der Waals surface area contributed by atoms with E-state index in [-0.39, 0.29) is 5.69 Å². The molecule has 1 heterocycles. The number of rotatable bonds is 3. The lowest BCUT2D eigenvalue weighted by atomic mass is 10.0. The van der Waals surface area contributed by atoms with Gasteiger partial charge in [0.25, 0.3) is 0 Å². The molecule has 0 bridgehead atoms. The summed E-state index contributed by atoms with van der Waals surface area (Å²) in [6.07, 6.45) is 2.59. The molecule has 0 amide bonds. The minimum atomic E-state index is -0.410. The minimum Gasteiger partial charge on any atom is -0.302 e. The van der Waals surface area contributed by atoms with Crippen LogP contribution in [0.15, 0.2) is 9.95 Å². The van der Waals surface area contributed by atoms with Gasteiger partial charge >= 0.3 is 5.69 Å². The molecule has 1 saturated carbocycles. The van der Waals surface area contributed by atoms with E-state index in [1.54, 1.807) is 18.8 Å². The van der Waals surface area contributed by atoms with E-state index in [1.807, 2.05) is 7.05 Å². The second-order valence-electron chi connectivity index (χ2n) is 4.30. The Morgan fingerprint density at radius 3 is 3.00 bits per heavy atom. The van der Waals surface area contributed by atoms with Gasteiger partial charge in [-0.05, 0) is 26.3 Å². The fourth-order valence-electron chi connectivity index (χ4n) is 2.07. The zero-order valence-corrected chi connectivity index (χ0v) is 10.7. The molecule has 1 fully saturated rings. The predicted molar refractivity (Wildman–Crippen MR) is 64.7 cm³/mol. The molecule has 2 N–H and O–H groups in total. The number of nitriles is 1. The Hall–Kier alpha value is -1.26. The van der Waals surface area contributed by atoms with Crippen LogP contribution in [0.5, 0.6) is 0 Å². The van der Waals surface area contributed by atoms with Crippen LogP contribution in [0.1, 0.15) is 19.3 Å². The van der Waals surface area contributed by atoms with E-state index in [0.717, 1.165) is 19.3 Å². The van der Waals surface area contributed by atoms with Crippen molar-refractivity contribution in [3.8, 4) is 6.07 Å². The molecule has 0 spiro atoms. The van der Waals surface area contributed by atoms with Crippen molar-refractivity contribution in [1.82, 2.24) is 20.1 Å². The Morgan fingerprint density at radius 1 is 1.76 bits per heavy atom. The molecular weight excluding hydrogens is 238 g/mol. The molecule has 2 atom stereocenters. The van der Waals surface area contributed by atoms with Gasteiger partial charge in [0.15, 0.2) is 5.16 Å². The molecule has 2 rings (SSSR count). The lowest BCUT2D eigenvalue weighted by Gasteiger charge is -2.19.